The van der Waals surface area contributed by atoms with Crippen LogP contribution in [-0.4, -0.2) is 22.2 Å². The lowest BCUT2D eigenvalue weighted by molar-refractivity contribution is -0.133. The Kier molecular flexibility index (Phi) is 4.99. The molecule has 0 amide bonds. The molecule has 0 aliphatic carbocycles. The van der Waals surface area contributed by atoms with Gasteiger partial charge in [-0.05, 0) is 34.9 Å². The molecule has 0 radical (unpaired) electrons. The van der Waals surface area contributed by atoms with E-state index in [9.17, 15) is 14.7 Å². The molecule has 3 aromatic rings. The zero-order chi connectivity index (χ0) is 18.5. The van der Waals surface area contributed by atoms with Crippen LogP contribution in [0.4, 0.5) is 0 Å². The van der Waals surface area contributed by atoms with Crippen molar-refractivity contribution in [3.63, 3.8) is 0 Å². The first kappa shape index (κ1) is 17.2. The van der Waals surface area contributed by atoms with Crippen molar-refractivity contribution >= 4 is 11.9 Å². The van der Waals surface area contributed by atoms with Crippen molar-refractivity contribution in [1.82, 2.24) is 0 Å². The van der Waals surface area contributed by atoms with Crippen molar-refractivity contribution in [2.45, 2.75) is 6.42 Å². The van der Waals surface area contributed by atoms with Crippen molar-refractivity contribution in [3.8, 4) is 22.6 Å². The van der Waals surface area contributed by atoms with Gasteiger partial charge in [-0.15, -0.1) is 0 Å². The van der Waals surface area contributed by atoms with Gasteiger partial charge in [-0.2, -0.15) is 0 Å². The van der Waals surface area contributed by atoms with Gasteiger partial charge in [-0.3, -0.25) is 4.79 Å². The van der Waals surface area contributed by atoms with E-state index in [2.05, 4.69) is 0 Å². The number of rotatable bonds is 5. The summed E-state index contributed by atoms with van der Waals surface area (Å²) in [5, 5.41) is 18.5. The number of aromatic hydroxyl groups is 1. The Morgan fingerprint density at radius 3 is 2.31 bits per heavy atom. The fourth-order valence-electron chi connectivity index (χ4n) is 2.59. The van der Waals surface area contributed by atoms with Crippen LogP contribution in [-0.2, 0) is 11.2 Å². The van der Waals surface area contributed by atoms with Crippen molar-refractivity contribution in [1.29, 1.82) is 0 Å². The van der Waals surface area contributed by atoms with Crippen molar-refractivity contribution in [3.05, 3.63) is 83.9 Å². The number of benzene rings is 3. The van der Waals surface area contributed by atoms with E-state index in [1.807, 2.05) is 54.6 Å². The van der Waals surface area contributed by atoms with Crippen molar-refractivity contribution in [2.24, 2.45) is 0 Å². The van der Waals surface area contributed by atoms with Crippen LogP contribution in [0.25, 0.3) is 11.1 Å². The molecule has 0 aliphatic rings. The minimum Gasteiger partial charge on any atom is -0.508 e. The number of hydrogen-bond acceptors (Lipinski definition) is 4. The standard InChI is InChI=1S/C21H16O5/c22-17-9-10-19(18(13-17)21(24)25)26-20(23)12-14-5-4-8-16(11-14)15-6-2-1-3-7-15/h1-11,13,22H,12H2,(H,24,25). The molecule has 2 N–H and O–H groups in total. The molecule has 0 aromatic heterocycles. The zero-order valence-corrected chi connectivity index (χ0v) is 13.8. The Bertz CT molecular complexity index is 948. The number of ether oxygens (including phenoxy) is 1. The number of carbonyl (C=O) groups is 2. The number of carbonyl (C=O) groups excluding carboxylic acids is 1. The predicted octanol–water partition coefficient (Wildman–Crippen LogP) is 3.91. The van der Waals surface area contributed by atoms with E-state index < -0.39 is 11.9 Å². The van der Waals surface area contributed by atoms with Gasteiger partial charge >= 0.3 is 11.9 Å². The maximum Gasteiger partial charge on any atom is 0.339 e. The number of hydrogen-bond donors (Lipinski definition) is 2. The summed E-state index contributed by atoms with van der Waals surface area (Å²) in [6, 6.07) is 20.9. The summed E-state index contributed by atoms with van der Waals surface area (Å²) < 4.78 is 5.18. The maximum absolute atomic E-state index is 12.2. The second kappa shape index (κ2) is 7.53. The summed E-state index contributed by atoms with van der Waals surface area (Å²) in [7, 11) is 0. The number of carboxylic acids is 1. The van der Waals surface area contributed by atoms with Gasteiger partial charge < -0.3 is 14.9 Å². The minimum absolute atomic E-state index is 0.000604. The largest absolute Gasteiger partial charge is 0.508 e. The first-order valence-corrected chi connectivity index (χ1v) is 7.94. The molecule has 0 atom stereocenters. The highest BCUT2D eigenvalue weighted by molar-refractivity contribution is 5.92. The summed E-state index contributed by atoms with van der Waals surface area (Å²) in [6.07, 6.45) is 0.000604. The molecule has 5 nitrogen and oxygen atoms in total. The van der Waals surface area contributed by atoms with Crippen molar-refractivity contribution < 1.29 is 24.5 Å². The summed E-state index contributed by atoms with van der Waals surface area (Å²) in [6.45, 7) is 0. The smallest absolute Gasteiger partial charge is 0.339 e. The number of aromatic carboxylic acids is 1. The highest BCUT2D eigenvalue weighted by Gasteiger charge is 2.16. The lowest BCUT2D eigenvalue weighted by Gasteiger charge is -2.09. The van der Waals surface area contributed by atoms with Gasteiger partial charge in [0.05, 0.1) is 6.42 Å². The molecule has 130 valence electrons. The average Bonchev–Trinajstić information content (AvgIpc) is 2.64. The zero-order valence-electron chi connectivity index (χ0n) is 13.8. The number of esters is 1. The average molecular weight is 348 g/mol. The third kappa shape index (κ3) is 4.08. The SMILES string of the molecule is O=C(Cc1cccc(-c2ccccc2)c1)Oc1ccc(O)cc1C(=O)O. The van der Waals surface area contributed by atoms with Gasteiger partial charge in [0.1, 0.15) is 17.1 Å². The van der Waals surface area contributed by atoms with Gasteiger partial charge in [0.25, 0.3) is 0 Å². The molecular weight excluding hydrogens is 332 g/mol. The third-order valence-electron chi connectivity index (χ3n) is 3.80. The van der Waals surface area contributed by atoms with E-state index in [0.29, 0.717) is 0 Å². The van der Waals surface area contributed by atoms with Gasteiger partial charge in [0, 0.05) is 0 Å². The van der Waals surface area contributed by atoms with E-state index in [-0.39, 0.29) is 23.5 Å². The molecule has 26 heavy (non-hydrogen) atoms. The fraction of sp³-hybridized carbons (Fsp3) is 0.0476. The molecule has 0 bridgehead atoms. The van der Waals surface area contributed by atoms with Crippen LogP contribution in [0.2, 0.25) is 0 Å². The lowest BCUT2D eigenvalue weighted by Crippen LogP contribution is -2.13. The van der Waals surface area contributed by atoms with Crippen LogP contribution in [0, 0.1) is 0 Å². The molecule has 0 spiro atoms. The van der Waals surface area contributed by atoms with E-state index in [4.69, 9.17) is 9.84 Å². The highest BCUT2D eigenvalue weighted by atomic mass is 16.5. The number of phenols is 1. The summed E-state index contributed by atoms with van der Waals surface area (Å²) in [5.74, 6) is -2.17. The molecule has 0 unspecified atom stereocenters. The third-order valence-corrected chi connectivity index (χ3v) is 3.80. The molecule has 0 saturated heterocycles. The predicted molar refractivity (Wildman–Crippen MR) is 96.3 cm³/mol. The van der Waals surface area contributed by atoms with Gasteiger partial charge in [0.15, 0.2) is 0 Å². The summed E-state index contributed by atoms with van der Waals surface area (Å²) in [4.78, 5) is 23.4. The van der Waals surface area contributed by atoms with Gasteiger partial charge in [-0.25, -0.2) is 4.79 Å². The maximum atomic E-state index is 12.2. The Morgan fingerprint density at radius 2 is 1.58 bits per heavy atom. The first-order chi connectivity index (χ1) is 12.5. The summed E-state index contributed by atoms with van der Waals surface area (Å²) in [5.41, 5.74) is 2.50. The summed E-state index contributed by atoms with van der Waals surface area (Å²) >= 11 is 0. The van der Waals surface area contributed by atoms with E-state index >= 15 is 0 Å². The highest BCUT2D eigenvalue weighted by Crippen LogP contribution is 2.25. The Hall–Kier alpha value is -3.60. The van der Waals surface area contributed by atoms with Crippen LogP contribution in [0.15, 0.2) is 72.8 Å². The molecule has 5 heteroatoms. The second-order valence-corrected chi connectivity index (χ2v) is 5.70. The van der Waals surface area contributed by atoms with Crippen LogP contribution in [0.5, 0.6) is 11.5 Å². The van der Waals surface area contributed by atoms with E-state index in [0.717, 1.165) is 22.8 Å². The van der Waals surface area contributed by atoms with Crippen molar-refractivity contribution in [2.75, 3.05) is 0 Å². The van der Waals surface area contributed by atoms with E-state index in [1.165, 1.54) is 12.1 Å². The monoisotopic (exact) mass is 348 g/mol. The minimum atomic E-state index is -1.28. The second-order valence-electron chi connectivity index (χ2n) is 5.70. The van der Waals surface area contributed by atoms with Gasteiger partial charge in [0.2, 0.25) is 0 Å². The number of carboxylic acid groups (broad SMARTS) is 1. The quantitative estimate of drug-likeness (QED) is 0.539. The van der Waals surface area contributed by atoms with Crippen LogP contribution < -0.4 is 4.74 Å². The fourth-order valence-corrected chi connectivity index (χ4v) is 2.59. The number of phenolic OH excluding ortho intramolecular Hbond substituents is 1. The Labute approximate surface area is 150 Å². The Morgan fingerprint density at radius 1 is 0.846 bits per heavy atom. The van der Waals surface area contributed by atoms with Gasteiger partial charge in [-0.1, -0.05) is 54.6 Å². The van der Waals surface area contributed by atoms with Crippen LogP contribution in [0.3, 0.4) is 0 Å². The molecule has 0 fully saturated rings. The molecular formula is C21H16O5. The normalized spacial score (nSPS) is 10.3. The molecule has 0 aliphatic heterocycles. The Balaban J connectivity index is 1.76. The lowest BCUT2D eigenvalue weighted by atomic mass is 10.0. The van der Waals surface area contributed by atoms with Crippen LogP contribution in [0.1, 0.15) is 15.9 Å². The molecule has 0 heterocycles. The molecule has 3 aromatic carbocycles. The first-order valence-electron chi connectivity index (χ1n) is 7.94. The van der Waals surface area contributed by atoms with E-state index in [1.54, 1.807) is 0 Å². The molecule has 0 saturated carbocycles. The topological polar surface area (TPSA) is 83.8 Å². The van der Waals surface area contributed by atoms with Crippen LogP contribution >= 0.6 is 0 Å². The molecule has 3 rings (SSSR count).